The maximum Gasteiger partial charge on any atom is 0.0144 e. The highest BCUT2D eigenvalue weighted by atomic mass is 14.9. The molecular formula is C14H29N. The van der Waals surface area contributed by atoms with Gasteiger partial charge in [0.15, 0.2) is 0 Å². The molecule has 3 unspecified atom stereocenters. The third kappa shape index (κ3) is 3.48. The lowest BCUT2D eigenvalue weighted by Crippen LogP contribution is -2.45. The Labute approximate surface area is 96.0 Å². The topological polar surface area (TPSA) is 12.0 Å². The van der Waals surface area contributed by atoms with Gasteiger partial charge < -0.3 is 5.32 Å². The first-order valence-electron chi connectivity index (χ1n) is 6.72. The van der Waals surface area contributed by atoms with Crippen molar-refractivity contribution >= 4 is 0 Å². The van der Waals surface area contributed by atoms with Gasteiger partial charge in [0.25, 0.3) is 0 Å². The molecule has 0 aromatic rings. The van der Waals surface area contributed by atoms with E-state index in [0.717, 1.165) is 18.4 Å². The Morgan fingerprint density at radius 3 is 2.27 bits per heavy atom. The molecule has 0 heterocycles. The summed E-state index contributed by atoms with van der Waals surface area (Å²) in [6.07, 6.45) is 5.72. The van der Waals surface area contributed by atoms with Crippen LogP contribution in [0.2, 0.25) is 0 Å². The van der Waals surface area contributed by atoms with Gasteiger partial charge in [-0.05, 0) is 36.6 Å². The fourth-order valence-electron chi connectivity index (χ4n) is 3.19. The highest BCUT2D eigenvalue weighted by Gasteiger charge is 2.35. The summed E-state index contributed by atoms with van der Waals surface area (Å²) < 4.78 is 0. The summed E-state index contributed by atoms with van der Waals surface area (Å²) in [4.78, 5) is 0. The Bertz CT molecular complexity index is 180. The number of nitrogens with one attached hydrogen (secondary N) is 1. The van der Waals surface area contributed by atoms with Crippen LogP contribution >= 0.6 is 0 Å². The van der Waals surface area contributed by atoms with E-state index < -0.39 is 0 Å². The molecule has 0 aromatic carbocycles. The van der Waals surface area contributed by atoms with Gasteiger partial charge in [-0.1, -0.05) is 47.5 Å². The van der Waals surface area contributed by atoms with Crippen LogP contribution in [-0.2, 0) is 0 Å². The van der Waals surface area contributed by atoms with Gasteiger partial charge in [0, 0.05) is 6.04 Å². The number of hydrogen-bond donors (Lipinski definition) is 1. The molecule has 0 bridgehead atoms. The van der Waals surface area contributed by atoms with E-state index in [9.17, 15) is 0 Å². The van der Waals surface area contributed by atoms with Gasteiger partial charge in [-0.25, -0.2) is 0 Å². The first-order chi connectivity index (χ1) is 6.99. The largest absolute Gasteiger partial charge is 0.313 e. The van der Waals surface area contributed by atoms with E-state index in [4.69, 9.17) is 0 Å². The minimum absolute atomic E-state index is 0.406. The first-order valence-corrected chi connectivity index (χ1v) is 6.72. The molecule has 1 aliphatic rings. The zero-order valence-electron chi connectivity index (χ0n) is 11.3. The molecule has 0 aliphatic heterocycles. The lowest BCUT2D eigenvalue weighted by Gasteiger charge is -2.36. The minimum atomic E-state index is 0.406. The van der Waals surface area contributed by atoms with Crippen molar-refractivity contribution in [3.63, 3.8) is 0 Å². The van der Waals surface area contributed by atoms with Crippen molar-refractivity contribution in [2.24, 2.45) is 17.3 Å². The van der Waals surface area contributed by atoms with Crippen molar-refractivity contribution in [3.05, 3.63) is 0 Å². The van der Waals surface area contributed by atoms with Crippen molar-refractivity contribution < 1.29 is 0 Å². The molecule has 0 spiro atoms. The Morgan fingerprint density at radius 1 is 1.20 bits per heavy atom. The maximum atomic E-state index is 3.71. The quantitative estimate of drug-likeness (QED) is 0.745. The highest BCUT2D eigenvalue weighted by molar-refractivity contribution is 4.90. The molecule has 1 rings (SSSR count). The molecule has 1 saturated carbocycles. The van der Waals surface area contributed by atoms with Crippen LogP contribution in [0.15, 0.2) is 0 Å². The van der Waals surface area contributed by atoms with E-state index in [2.05, 4.69) is 39.9 Å². The summed E-state index contributed by atoms with van der Waals surface area (Å²) in [7, 11) is 0. The predicted molar refractivity (Wildman–Crippen MR) is 68.0 cm³/mol. The Kier molecular flexibility index (Phi) is 4.64. The summed E-state index contributed by atoms with van der Waals surface area (Å²) in [6, 6.07) is 0.707. The van der Waals surface area contributed by atoms with Gasteiger partial charge >= 0.3 is 0 Å². The van der Waals surface area contributed by atoms with Crippen LogP contribution < -0.4 is 5.32 Å². The standard InChI is InChI=1S/C14H29N/c1-6-11-8-9-12(10-11)13(15-7-2)14(3,4)5/h11-13,15H,6-10H2,1-5H3. The second-order valence-corrected chi connectivity index (χ2v) is 6.25. The summed E-state index contributed by atoms with van der Waals surface area (Å²) >= 11 is 0. The van der Waals surface area contributed by atoms with Crippen LogP contribution in [0.3, 0.4) is 0 Å². The predicted octanol–water partition coefficient (Wildman–Crippen LogP) is 3.84. The molecule has 1 heteroatoms. The van der Waals surface area contributed by atoms with Crippen molar-refractivity contribution in [2.45, 2.75) is 66.3 Å². The smallest absolute Gasteiger partial charge is 0.0144 e. The third-order valence-electron chi connectivity index (χ3n) is 3.99. The van der Waals surface area contributed by atoms with Gasteiger partial charge in [0.05, 0.1) is 0 Å². The van der Waals surface area contributed by atoms with E-state index in [1.165, 1.54) is 25.7 Å². The second-order valence-electron chi connectivity index (χ2n) is 6.25. The van der Waals surface area contributed by atoms with E-state index in [1.807, 2.05) is 0 Å². The van der Waals surface area contributed by atoms with Gasteiger partial charge in [-0.3, -0.25) is 0 Å². The minimum Gasteiger partial charge on any atom is -0.313 e. The van der Waals surface area contributed by atoms with Crippen LogP contribution in [0.4, 0.5) is 0 Å². The molecular weight excluding hydrogens is 182 g/mol. The monoisotopic (exact) mass is 211 g/mol. The Morgan fingerprint density at radius 2 is 1.87 bits per heavy atom. The van der Waals surface area contributed by atoms with Gasteiger partial charge in [0.2, 0.25) is 0 Å². The summed E-state index contributed by atoms with van der Waals surface area (Å²) in [5.74, 6) is 1.91. The summed E-state index contributed by atoms with van der Waals surface area (Å²) in [5.41, 5.74) is 0.406. The SMILES string of the molecule is CCNC(C1CCC(CC)C1)C(C)(C)C. The normalized spacial score (nSPS) is 29.4. The zero-order valence-corrected chi connectivity index (χ0v) is 11.3. The fraction of sp³-hybridized carbons (Fsp3) is 1.00. The molecule has 0 aromatic heterocycles. The number of rotatable bonds is 4. The second kappa shape index (κ2) is 5.34. The Hall–Kier alpha value is -0.0400. The number of hydrogen-bond acceptors (Lipinski definition) is 1. The average Bonchev–Trinajstić information content (AvgIpc) is 2.60. The molecule has 15 heavy (non-hydrogen) atoms. The van der Waals surface area contributed by atoms with Crippen molar-refractivity contribution in [1.29, 1.82) is 0 Å². The van der Waals surface area contributed by atoms with Gasteiger partial charge in [-0.2, -0.15) is 0 Å². The molecule has 1 nitrogen and oxygen atoms in total. The average molecular weight is 211 g/mol. The van der Waals surface area contributed by atoms with Gasteiger partial charge in [0.1, 0.15) is 0 Å². The van der Waals surface area contributed by atoms with Crippen LogP contribution in [0.1, 0.15) is 60.3 Å². The molecule has 0 amide bonds. The molecule has 0 radical (unpaired) electrons. The van der Waals surface area contributed by atoms with Crippen molar-refractivity contribution in [3.8, 4) is 0 Å². The lowest BCUT2D eigenvalue weighted by atomic mass is 9.77. The van der Waals surface area contributed by atoms with Crippen LogP contribution in [0.25, 0.3) is 0 Å². The molecule has 1 N–H and O–H groups in total. The molecule has 0 saturated heterocycles. The third-order valence-corrected chi connectivity index (χ3v) is 3.99. The van der Waals surface area contributed by atoms with Crippen molar-refractivity contribution in [1.82, 2.24) is 5.32 Å². The van der Waals surface area contributed by atoms with E-state index in [0.29, 0.717) is 11.5 Å². The van der Waals surface area contributed by atoms with E-state index >= 15 is 0 Å². The zero-order chi connectivity index (χ0) is 11.5. The first kappa shape index (κ1) is 13.0. The van der Waals surface area contributed by atoms with Crippen molar-refractivity contribution in [2.75, 3.05) is 6.54 Å². The summed E-state index contributed by atoms with van der Waals surface area (Å²) in [6.45, 7) is 12.8. The molecule has 1 fully saturated rings. The summed E-state index contributed by atoms with van der Waals surface area (Å²) in [5, 5.41) is 3.71. The van der Waals surface area contributed by atoms with Gasteiger partial charge in [-0.15, -0.1) is 0 Å². The van der Waals surface area contributed by atoms with E-state index in [1.54, 1.807) is 0 Å². The van der Waals surface area contributed by atoms with E-state index in [-0.39, 0.29) is 0 Å². The lowest BCUT2D eigenvalue weighted by molar-refractivity contribution is 0.193. The molecule has 90 valence electrons. The van der Waals surface area contributed by atoms with Crippen LogP contribution in [0, 0.1) is 17.3 Å². The van der Waals surface area contributed by atoms with Crippen LogP contribution in [0.5, 0.6) is 0 Å². The maximum absolute atomic E-state index is 3.71. The molecule has 3 atom stereocenters. The van der Waals surface area contributed by atoms with Crippen LogP contribution in [-0.4, -0.2) is 12.6 Å². The Balaban J connectivity index is 2.57. The molecule has 1 aliphatic carbocycles. The fourth-order valence-corrected chi connectivity index (χ4v) is 3.19. The highest BCUT2D eigenvalue weighted by Crippen LogP contribution is 2.39.